The van der Waals surface area contributed by atoms with Gasteiger partial charge in [-0.15, -0.1) is 0 Å². The Morgan fingerprint density at radius 2 is 2.11 bits per heavy atom. The maximum Gasteiger partial charge on any atom is 0.315 e. The lowest BCUT2D eigenvalue weighted by Gasteiger charge is -2.17. The first-order valence-corrected chi connectivity index (χ1v) is 7.84. The third-order valence-electron chi connectivity index (χ3n) is 2.57. The lowest BCUT2D eigenvalue weighted by molar-refractivity contribution is 0.217. The van der Waals surface area contributed by atoms with Crippen LogP contribution in [0.3, 0.4) is 0 Å². The number of thioether (sulfide) groups is 1. The molecule has 0 aromatic heterocycles. The molecule has 1 rings (SSSR count). The van der Waals surface area contributed by atoms with Crippen molar-refractivity contribution < 1.29 is 9.90 Å². The van der Waals surface area contributed by atoms with Crippen molar-refractivity contribution in [2.75, 3.05) is 25.2 Å². The van der Waals surface area contributed by atoms with Crippen LogP contribution in [-0.2, 0) is 0 Å². The molecule has 2 amide bonds. The van der Waals surface area contributed by atoms with E-state index in [9.17, 15) is 9.90 Å². The van der Waals surface area contributed by atoms with Gasteiger partial charge < -0.3 is 15.7 Å². The molecule has 1 unspecified atom stereocenters. The molecule has 4 nitrogen and oxygen atoms in total. The molecule has 0 fully saturated rings. The zero-order valence-corrected chi connectivity index (χ0v) is 12.4. The second-order valence-electron chi connectivity index (χ2n) is 4.03. The molecular weight excluding hydrogens is 284 g/mol. The Balaban J connectivity index is 2.43. The fourth-order valence-corrected chi connectivity index (χ4v) is 2.12. The van der Waals surface area contributed by atoms with Crippen molar-refractivity contribution in [1.82, 2.24) is 10.6 Å². The number of amides is 2. The number of halogens is 1. The largest absolute Gasteiger partial charge is 0.394 e. The molecule has 0 saturated carbocycles. The summed E-state index contributed by atoms with van der Waals surface area (Å²) in [7, 11) is 0. The highest BCUT2D eigenvalue weighted by Crippen LogP contribution is 2.16. The van der Waals surface area contributed by atoms with Crippen LogP contribution < -0.4 is 10.6 Å². The topological polar surface area (TPSA) is 61.4 Å². The summed E-state index contributed by atoms with van der Waals surface area (Å²) in [6.07, 6.45) is 2.96. The number of nitrogens with one attached hydrogen (secondary N) is 2. The highest BCUT2D eigenvalue weighted by atomic mass is 35.5. The normalized spacial score (nSPS) is 11.9. The highest BCUT2D eigenvalue weighted by molar-refractivity contribution is 7.98. The van der Waals surface area contributed by atoms with Gasteiger partial charge in [0.25, 0.3) is 0 Å². The van der Waals surface area contributed by atoms with E-state index in [1.54, 1.807) is 36.0 Å². The fourth-order valence-electron chi connectivity index (χ4n) is 1.56. The maximum absolute atomic E-state index is 11.6. The predicted octanol–water partition coefficient (Wildman–Crippen LogP) is 2.43. The smallest absolute Gasteiger partial charge is 0.315 e. The number of hydrogen-bond donors (Lipinski definition) is 3. The molecule has 0 aliphatic rings. The minimum atomic E-state index is -0.419. The average molecular weight is 303 g/mol. The van der Waals surface area contributed by atoms with Crippen LogP contribution in [0.5, 0.6) is 0 Å². The summed E-state index contributed by atoms with van der Waals surface area (Å²) < 4.78 is 0. The first-order chi connectivity index (χ1) is 9.17. The summed E-state index contributed by atoms with van der Waals surface area (Å²) in [5.74, 6) is 1.01. The second kappa shape index (κ2) is 9.07. The number of aliphatic hydroxyl groups is 1. The van der Waals surface area contributed by atoms with Gasteiger partial charge in [-0.1, -0.05) is 23.7 Å². The molecular formula is C13H19ClN2O2S. The van der Waals surface area contributed by atoms with E-state index < -0.39 is 6.04 Å². The van der Waals surface area contributed by atoms with Crippen LogP contribution in [0.4, 0.5) is 4.79 Å². The number of carbonyl (C=O) groups is 1. The summed E-state index contributed by atoms with van der Waals surface area (Å²) in [6, 6.07) is 6.36. The zero-order chi connectivity index (χ0) is 14.1. The predicted molar refractivity (Wildman–Crippen MR) is 80.8 cm³/mol. The molecule has 1 atom stereocenters. The summed E-state index contributed by atoms with van der Waals surface area (Å²) >= 11 is 7.55. The Morgan fingerprint density at radius 1 is 1.42 bits per heavy atom. The minimum absolute atomic E-state index is 0.153. The first-order valence-electron chi connectivity index (χ1n) is 6.07. The molecule has 6 heteroatoms. The molecule has 0 aliphatic carbocycles. The minimum Gasteiger partial charge on any atom is -0.394 e. The lowest BCUT2D eigenvalue weighted by Crippen LogP contribution is -2.39. The Morgan fingerprint density at radius 3 is 2.68 bits per heavy atom. The van der Waals surface area contributed by atoms with Gasteiger partial charge in [0.1, 0.15) is 0 Å². The molecule has 106 valence electrons. The average Bonchev–Trinajstić information content (AvgIpc) is 2.42. The van der Waals surface area contributed by atoms with Gasteiger partial charge in [-0.2, -0.15) is 11.8 Å². The van der Waals surface area contributed by atoms with Crippen molar-refractivity contribution in [2.24, 2.45) is 0 Å². The van der Waals surface area contributed by atoms with Crippen molar-refractivity contribution in [3.63, 3.8) is 0 Å². The van der Waals surface area contributed by atoms with Gasteiger partial charge in [0.05, 0.1) is 12.6 Å². The zero-order valence-electron chi connectivity index (χ0n) is 10.9. The van der Waals surface area contributed by atoms with E-state index in [4.69, 9.17) is 11.6 Å². The summed E-state index contributed by atoms with van der Waals surface area (Å²) in [6.45, 7) is 0.477. The third-order valence-corrected chi connectivity index (χ3v) is 3.52. The van der Waals surface area contributed by atoms with Gasteiger partial charge in [-0.05, 0) is 36.1 Å². The summed E-state index contributed by atoms with van der Waals surface area (Å²) in [5, 5.41) is 15.4. The maximum atomic E-state index is 11.6. The second-order valence-corrected chi connectivity index (χ2v) is 5.46. The molecule has 0 heterocycles. The molecule has 0 aliphatic heterocycles. The van der Waals surface area contributed by atoms with Crippen molar-refractivity contribution in [3.05, 3.63) is 34.9 Å². The number of carbonyl (C=O) groups excluding carboxylic acids is 1. The van der Waals surface area contributed by atoms with E-state index in [2.05, 4.69) is 10.6 Å². The number of hydrogen-bond acceptors (Lipinski definition) is 3. The van der Waals surface area contributed by atoms with Crippen molar-refractivity contribution in [1.29, 1.82) is 0 Å². The molecule has 19 heavy (non-hydrogen) atoms. The third kappa shape index (κ3) is 6.18. The van der Waals surface area contributed by atoms with Crippen LogP contribution in [-0.4, -0.2) is 36.3 Å². The molecule has 0 saturated heterocycles. The SMILES string of the molecule is CSCCCNC(=O)NC(CO)c1ccc(Cl)cc1. The van der Waals surface area contributed by atoms with Crippen molar-refractivity contribution in [2.45, 2.75) is 12.5 Å². The van der Waals surface area contributed by atoms with Gasteiger partial charge in [0.2, 0.25) is 0 Å². The highest BCUT2D eigenvalue weighted by Gasteiger charge is 2.12. The molecule has 0 spiro atoms. The standard InChI is InChI=1S/C13H19ClN2O2S/c1-19-8-2-7-15-13(18)16-12(9-17)10-3-5-11(14)6-4-10/h3-6,12,17H,2,7-9H2,1H3,(H2,15,16,18). The Hall–Kier alpha value is -0.910. The van der Waals surface area contributed by atoms with Crippen LogP contribution in [0.15, 0.2) is 24.3 Å². The van der Waals surface area contributed by atoms with E-state index >= 15 is 0 Å². The molecule has 0 radical (unpaired) electrons. The van der Waals surface area contributed by atoms with Crippen LogP contribution in [0.25, 0.3) is 0 Å². The Labute approximate surface area is 122 Å². The lowest BCUT2D eigenvalue weighted by atomic mass is 10.1. The number of urea groups is 1. The van der Waals surface area contributed by atoms with Crippen LogP contribution in [0, 0.1) is 0 Å². The van der Waals surface area contributed by atoms with Crippen LogP contribution in [0.2, 0.25) is 5.02 Å². The quantitative estimate of drug-likeness (QED) is 0.678. The first kappa shape index (κ1) is 16.1. The number of benzene rings is 1. The number of rotatable bonds is 7. The molecule has 0 bridgehead atoms. The van der Waals surface area contributed by atoms with Gasteiger partial charge in [0.15, 0.2) is 0 Å². The summed E-state index contributed by atoms with van der Waals surface area (Å²) in [4.78, 5) is 11.6. The summed E-state index contributed by atoms with van der Waals surface area (Å²) in [5.41, 5.74) is 0.825. The van der Waals surface area contributed by atoms with Gasteiger partial charge in [-0.3, -0.25) is 0 Å². The van der Waals surface area contributed by atoms with E-state index in [1.807, 2.05) is 6.26 Å². The van der Waals surface area contributed by atoms with E-state index in [1.165, 1.54) is 0 Å². The molecule has 3 N–H and O–H groups in total. The van der Waals surface area contributed by atoms with Crippen LogP contribution >= 0.6 is 23.4 Å². The van der Waals surface area contributed by atoms with Gasteiger partial charge in [-0.25, -0.2) is 4.79 Å². The van der Waals surface area contributed by atoms with Crippen LogP contribution in [0.1, 0.15) is 18.0 Å². The van der Waals surface area contributed by atoms with E-state index in [-0.39, 0.29) is 12.6 Å². The molecule has 1 aromatic rings. The van der Waals surface area contributed by atoms with Crippen molar-refractivity contribution in [3.8, 4) is 0 Å². The van der Waals surface area contributed by atoms with E-state index in [0.29, 0.717) is 11.6 Å². The fraction of sp³-hybridized carbons (Fsp3) is 0.462. The van der Waals surface area contributed by atoms with Gasteiger partial charge >= 0.3 is 6.03 Å². The van der Waals surface area contributed by atoms with E-state index in [0.717, 1.165) is 17.7 Å². The Bertz CT molecular complexity index is 387. The monoisotopic (exact) mass is 302 g/mol. The molecule has 1 aromatic carbocycles. The van der Waals surface area contributed by atoms with Crippen molar-refractivity contribution >= 4 is 29.4 Å². The number of aliphatic hydroxyl groups excluding tert-OH is 1. The van der Waals surface area contributed by atoms with Gasteiger partial charge in [0, 0.05) is 11.6 Å². The Kier molecular flexibility index (Phi) is 7.70.